The summed E-state index contributed by atoms with van der Waals surface area (Å²) >= 11 is 0. The summed E-state index contributed by atoms with van der Waals surface area (Å²) < 4.78 is 0. The van der Waals surface area contributed by atoms with E-state index in [0.29, 0.717) is 5.69 Å². The third-order valence-electron chi connectivity index (χ3n) is 1.94. The SMILES string of the molecule is CC(C)(C)c1cccc(N(O)O)c1. The Kier molecular flexibility index (Phi) is 2.59. The van der Waals surface area contributed by atoms with E-state index in [0.717, 1.165) is 5.56 Å². The van der Waals surface area contributed by atoms with Crippen LogP contribution in [-0.2, 0) is 5.41 Å². The Morgan fingerprint density at radius 3 is 2.23 bits per heavy atom. The van der Waals surface area contributed by atoms with Crippen LogP contribution in [0.25, 0.3) is 0 Å². The fourth-order valence-electron chi connectivity index (χ4n) is 1.10. The second-order valence-corrected chi connectivity index (χ2v) is 4.09. The highest BCUT2D eigenvalue weighted by atomic mass is 16.8. The van der Waals surface area contributed by atoms with Crippen LogP contribution >= 0.6 is 0 Å². The second-order valence-electron chi connectivity index (χ2n) is 4.09. The van der Waals surface area contributed by atoms with Crippen LogP contribution in [0, 0.1) is 0 Å². The zero-order valence-electron chi connectivity index (χ0n) is 8.15. The molecule has 0 heterocycles. The quantitative estimate of drug-likeness (QED) is 0.654. The summed E-state index contributed by atoms with van der Waals surface area (Å²) in [5, 5.41) is 17.7. The van der Waals surface area contributed by atoms with Gasteiger partial charge in [-0.15, -0.1) is 5.23 Å². The molecular weight excluding hydrogens is 166 g/mol. The van der Waals surface area contributed by atoms with Crippen LogP contribution in [-0.4, -0.2) is 10.4 Å². The summed E-state index contributed by atoms with van der Waals surface area (Å²) in [5.74, 6) is 0. The molecule has 72 valence electrons. The van der Waals surface area contributed by atoms with E-state index >= 15 is 0 Å². The molecule has 0 spiro atoms. The van der Waals surface area contributed by atoms with Gasteiger partial charge in [-0.3, -0.25) is 10.4 Å². The molecule has 1 aromatic carbocycles. The van der Waals surface area contributed by atoms with E-state index in [1.54, 1.807) is 18.2 Å². The molecule has 1 rings (SSSR count). The molecule has 3 heteroatoms. The minimum atomic E-state index is 0.0199. The van der Waals surface area contributed by atoms with E-state index in [2.05, 4.69) is 20.8 Å². The highest BCUT2D eigenvalue weighted by Gasteiger charge is 2.14. The summed E-state index contributed by atoms with van der Waals surface area (Å²) in [4.78, 5) is 0. The van der Waals surface area contributed by atoms with Crippen LogP contribution < -0.4 is 5.23 Å². The molecule has 0 aliphatic rings. The van der Waals surface area contributed by atoms with Gasteiger partial charge in [-0.05, 0) is 23.1 Å². The Hall–Kier alpha value is -1.06. The lowest BCUT2D eigenvalue weighted by Gasteiger charge is -2.20. The molecule has 2 N–H and O–H groups in total. The van der Waals surface area contributed by atoms with Crippen molar-refractivity contribution >= 4 is 5.69 Å². The lowest BCUT2D eigenvalue weighted by molar-refractivity contribution is 0.0291. The molecule has 0 radical (unpaired) electrons. The van der Waals surface area contributed by atoms with Crippen molar-refractivity contribution in [1.82, 2.24) is 0 Å². The van der Waals surface area contributed by atoms with E-state index in [4.69, 9.17) is 10.4 Å². The summed E-state index contributed by atoms with van der Waals surface area (Å²) in [6, 6.07) is 7.15. The molecule has 0 bridgehead atoms. The van der Waals surface area contributed by atoms with Gasteiger partial charge in [-0.1, -0.05) is 32.9 Å². The average Bonchev–Trinajstić information content (AvgIpc) is 2.03. The van der Waals surface area contributed by atoms with Gasteiger partial charge in [0.15, 0.2) is 0 Å². The van der Waals surface area contributed by atoms with Gasteiger partial charge >= 0.3 is 0 Å². The molecule has 0 unspecified atom stereocenters. The van der Waals surface area contributed by atoms with Crippen molar-refractivity contribution in [3.8, 4) is 0 Å². The molecule has 0 atom stereocenters. The fraction of sp³-hybridized carbons (Fsp3) is 0.400. The number of hydrogen-bond acceptors (Lipinski definition) is 3. The van der Waals surface area contributed by atoms with Crippen molar-refractivity contribution in [2.45, 2.75) is 26.2 Å². The summed E-state index contributed by atoms with van der Waals surface area (Å²) in [6.07, 6.45) is 0. The summed E-state index contributed by atoms with van der Waals surface area (Å²) in [7, 11) is 0. The highest BCUT2D eigenvalue weighted by molar-refractivity contribution is 5.45. The van der Waals surface area contributed by atoms with Crippen molar-refractivity contribution in [3.63, 3.8) is 0 Å². The van der Waals surface area contributed by atoms with Crippen LogP contribution in [0.15, 0.2) is 24.3 Å². The molecule has 0 fully saturated rings. The van der Waals surface area contributed by atoms with Crippen molar-refractivity contribution in [2.75, 3.05) is 5.23 Å². The first-order chi connectivity index (χ1) is 5.91. The van der Waals surface area contributed by atoms with Gasteiger partial charge in [0, 0.05) is 0 Å². The van der Waals surface area contributed by atoms with Gasteiger partial charge in [-0.2, -0.15) is 0 Å². The molecule has 0 amide bonds. The molecular formula is C10H15NO2. The van der Waals surface area contributed by atoms with Crippen LogP contribution in [0.2, 0.25) is 0 Å². The minimum absolute atomic E-state index is 0.0199. The predicted molar refractivity (Wildman–Crippen MR) is 51.2 cm³/mol. The van der Waals surface area contributed by atoms with Gasteiger partial charge in [0.05, 0.1) is 5.69 Å². The third kappa shape index (κ3) is 2.44. The molecule has 0 aliphatic heterocycles. The van der Waals surface area contributed by atoms with E-state index < -0.39 is 0 Å². The van der Waals surface area contributed by atoms with Gasteiger partial charge in [0.2, 0.25) is 0 Å². The Balaban J connectivity index is 3.06. The Morgan fingerprint density at radius 2 is 1.77 bits per heavy atom. The highest BCUT2D eigenvalue weighted by Crippen LogP contribution is 2.25. The van der Waals surface area contributed by atoms with Crippen LogP contribution in [0.3, 0.4) is 0 Å². The summed E-state index contributed by atoms with van der Waals surface area (Å²) in [5.41, 5.74) is 1.47. The largest absolute Gasteiger partial charge is 0.264 e. The van der Waals surface area contributed by atoms with Gasteiger partial charge in [0.1, 0.15) is 0 Å². The monoisotopic (exact) mass is 181 g/mol. The first-order valence-corrected chi connectivity index (χ1v) is 4.19. The third-order valence-corrected chi connectivity index (χ3v) is 1.94. The molecule has 3 nitrogen and oxygen atoms in total. The zero-order valence-corrected chi connectivity index (χ0v) is 8.15. The molecule has 0 aromatic heterocycles. The maximum Gasteiger partial charge on any atom is 0.0945 e. The van der Waals surface area contributed by atoms with Crippen molar-refractivity contribution in [1.29, 1.82) is 0 Å². The van der Waals surface area contributed by atoms with Crippen molar-refractivity contribution < 1.29 is 10.4 Å². The van der Waals surface area contributed by atoms with E-state index in [-0.39, 0.29) is 10.6 Å². The van der Waals surface area contributed by atoms with E-state index in [9.17, 15) is 0 Å². The van der Waals surface area contributed by atoms with Crippen LogP contribution in [0.1, 0.15) is 26.3 Å². The number of hydrogen-bond donors (Lipinski definition) is 2. The summed E-state index contributed by atoms with van der Waals surface area (Å²) in [6.45, 7) is 6.22. The minimum Gasteiger partial charge on any atom is -0.264 e. The molecule has 0 saturated carbocycles. The first kappa shape index (κ1) is 10.0. The number of rotatable bonds is 1. The predicted octanol–water partition coefficient (Wildman–Crippen LogP) is 2.57. The molecule has 13 heavy (non-hydrogen) atoms. The van der Waals surface area contributed by atoms with Crippen LogP contribution in [0.5, 0.6) is 0 Å². The topological polar surface area (TPSA) is 43.7 Å². The van der Waals surface area contributed by atoms with Crippen LogP contribution in [0.4, 0.5) is 5.69 Å². The Bertz CT molecular complexity index is 289. The normalized spacial score (nSPS) is 11.5. The lowest BCUT2D eigenvalue weighted by Crippen LogP contribution is -2.14. The lowest BCUT2D eigenvalue weighted by atomic mass is 9.87. The Labute approximate surface area is 78.1 Å². The number of anilines is 1. The van der Waals surface area contributed by atoms with E-state index in [1.807, 2.05) is 6.07 Å². The Morgan fingerprint density at radius 1 is 1.15 bits per heavy atom. The van der Waals surface area contributed by atoms with Gasteiger partial charge < -0.3 is 0 Å². The van der Waals surface area contributed by atoms with Gasteiger partial charge in [0.25, 0.3) is 0 Å². The molecule has 0 saturated heterocycles. The average molecular weight is 181 g/mol. The number of nitrogens with zero attached hydrogens (tertiary/aromatic N) is 1. The molecule has 1 aromatic rings. The van der Waals surface area contributed by atoms with Gasteiger partial charge in [-0.25, -0.2) is 0 Å². The molecule has 0 aliphatic carbocycles. The maximum absolute atomic E-state index is 8.80. The second kappa shape index (κ2) is 3.36. The first-order valence-electron chi connectivity index (χ1n) is 4.19. The smallest absolute Gasteiger partial charge is 0.0945 e. The zero-order chi connectivity index (χ0) is 10.1. The fourth-order valence-corrected chi connectivity index (χ4v) is 1.10. The maximum atomic E-state index is 8.80. The van der Waals surface area contributed by atoms with Crippen molar-refractivity contribution in [3.05, 3.63) is 29.8 Å². The van der Waals surface area contributed by atoms with Crippen molar-refractivity contribution in [2.24, 2.45) is 0 Å². The number of benzene rings is 1. The standard InChI is InChI=1S/C10H15NO2/c1-10(2,3)8-5-4-6-9(7-8)11(12)13/h4-7,12-13H,1-3H3. The van der Waals surface area contributed by atoms with E-state index in [1.165, 1.54) is 0 Å².